The van der Waals surface area contributed by atoms with Crippen molar-refractivity contribution in [2.45, 2.75) is 33.1 Å². The van der Waals surface area contributed by atoms with Gasteiger partial charge in [0.05, 0.1) is 5.41 Å². The van der Waals surface area contributed by atoms with Crippen LogP contribution in [0.5, 0.6) is 0 Å². The molecule has 0 fully saturated rings. The van der Waals surface area contributed by atoms with Crippen molar-refractivity contribution in [1.29, 1.82) is 0 Å². The molecule has 2 N–H and O–H groups in total. The number of hydrogen-bond acceptors (Lipinski definition) is 2. The Morgan fingerprint density at radius 3 is 2.44 bits per heavy atom. The van der Waals surface area contributed by atoms with Crippen LogP contribution in [0.1, 0.15) is 33.1 Å². The van der Waals surface area contributed by atoms with Gasteiger partial charge in [-0.1, -0.05) is 19.1 Å². The molecule has 0 aliphatic heterocycles. The summed E-state index contributed by atoms with van der Waals surface area (Å²) in [7, 11) is 0. The van der Waals surface area contributed by atoms with E-state index in [2.05, 4.69) is 5.32 Å². The average Bonchev–Trinajstić information content (AvgIpc) is 2.78. The maximum atomic E-state index is 11.7. The SMILES string of the molecule is CCC(C)(CNC(=O)C1CC=CC1)C(=O)O. The van der Waals surface area contributed by atoms with E-state index < -0.39 is 11.4 Å². The molecule has 90 valence electrons. The molecule has 0 saturated heterocycles. The molecule has 0 aromatic heterocycles. The first kappa shape index (κ1) is 12.7. The third kappa shape index (κ3) is 2.84. The van der Waals surface area contributed by atoms with E-state index in [9.17, 15) is 9.59 Å². The molecule has 0 heterocycles. The molecule has 4 nitrogen and oxygen atoms in total. The van der Waals surface area contributed by atoms with Crippen LogP contribution in [0, 0.1) is 11.3 Å². The maximum Gasteiger partial charge on any atom is 0.311 e. The van der Waals surface area contributed by atoms with Gasteiger partial charge in [0.25, 0.3) is 0 Å². The van der Waals surface area contributed by atoms with E-state index in [1.807, 2.05) is 19.1 Å². The summed E-state index contributed by atoms with van der Waals surface area (Å²) in [5.41, 5.74) is -0.859. The second-order valence-electron chi connectivity index (χ2n) is 4.58. The normalized spacial score (nSPS) is 19.4. The lowest BCUT2D eigenvalue weighted by Crippen LogP contribution is -2.42. The van der Waals surface area contributed by atoms with Crippen molar-refractivity contribution in [3.63, 3.8) is 0 Å². The summed E-state index contributed by atoms with van der Waals surface area (Å²) >= 11 is 0. The molecule has 16 heavy (non-hydrogen) atoms. The summed E-state index contributed by atoms with van der Waals surface area (Å²) in [5, 5.41) is 11.8. The molecule has 0 bridgehead atoms. The number of allylic oxidation sites excluding steroid dienone is 2. The highest BCUT2D eigenvalue weighted by Gasteiger charge is 2.32. The van der Waals surface area contributed by atoms with Gasteiger partial charge >= 0.3 is 5.97 Å². The Hall–Kier alpha value is -1.32. The first-order valence-electron chi connectivity index (χ1n) is 5.65. The number of aliphatic carboxylic acids is 1. The van der Waals surface area contributed by atoms with E-state index in [0.29, 0.717) is 6.42 Å². The summed E-state index contributed by atoms with van der Waals surface area (Å²) in [6, 6.07) is 0. The predicted octanol–water partition coefficient (Wildman–Crippen LogP) is 1.57. The molecule has 1 aliphatic rings. The number of carboxylic acid groups (broad SMARTS) is 1. The fourth-order valence-electron chi connectivity index (χ4n) is 1.61. The lowest BCUT2D eigenvalue weighted by atomic mass is 9.87. The van der Waals surface area contributed by atoms with E-state index >= 15 is 0 Å². The second-order valence-corrected chi connectivity index (χ2v) is 4.58. The molecule has 4 heteroatoms. The standard InChI is InChI=1S/C12H19NO3/c1-3-12(2,11(15)16)8-13-10(14)9-6-4-5-7-9/h4-5,9H,3,6-8H2,1-2H3,(H,13,14)(H,15,16). The molecule has 1 aliphatic carbocycles. The topological polar surface area (TPSA) is 66.4 Å². The Morgan fingerprint density at radius 2 is 2.00 bits per heavy atom. The van der Waals surface area contributed by atoms with Gasteiger partial charge in [-0.2, -0.15) is 0 Å². The van der Waals surface area contributed by atoms with Crippen LogP contribution in [0.4, 0.5) is 0 Å². The molecule has 1 rings (SSSR count). The number of hydrogen-bond donors (Lipinski definition) is 2. The minimum Gasteiger partial charge on any atom is -0.481 e. The first-order chi connectivity index (χ1) is 7.49. The number of carboxylic acids is 1. The van der Waals surface area contributed by atoms with Crippen LogP contribution in [-0.4, -0.2) is 23.5 Å². The lowest BCUT2D eigenvalue weighted by Gasteiger charge is -2.24. The summed E-state index contributed by atoms with van der Waals surface area (Å²) in [4.78, 5) is 22.7. The molecule has 1 amide bonds. The van der Waals surface area contributed by atoms with Gasteiger partial charge in [-0.05, 0) is 26.2 Å². The molecule has 0 radical (unpaired) electrons. The molecule has 0 aromatic rings. The van der Waals surface area contributed by atoms with E-state index in [-0.39, 0.29) is 18.4 Å². The smallest absolute Gasteiger partial charge is 0.311 e. The lowest BCUT2D eigenvalue weighted by molar-refractivity contribution is -0.148. The number of rotatable bonds is 5. The van der Waals surface area contributed by atoms with Crippen molar-refractivity contribution in [2.24, 2.45) is 11.3 Å². The highest BCUT2D eigenvalue weighted by Crippen LogP contribution is 2.21. The van der Waals surface area contributed by atoms with Crippen LogP contribution in [-0.2, 0) is 9.59 Å². The zero-order valence-corrected chi connectivity index (χ0v) is 9.82. The minimum atomic E-state index is -0.861. The third-order valence-electron chi connectivity index (χ3n) is 3.33. The summed E-state index contributed by atoms with van der Waals surface area (Å²) in [6.07, 6.45) is 6.01. The zero-order valence-electron chi connectivity index (χ0n) is 9.82. The first-order valence-corrected chi connectivity index (χ1v) is 5.65. The van der Waals surface area contributed by atoms with Crippen LogP contribution in [0.25, 0.3) is 0 Å². The second kappa shape index (κ2) is 5.14. The van der Waals surface area contributed by atoms with Crippen molar-refractivity contribution < 1.29 is 14.7 Å². The summed E-state index contributed by atoms with van der Waals surface area (Å²) in [5.74, 6) is -0.902. The fraction of sp³-hybridized carbons (Fsp3) is 0.667. The van der Waals surface area contributed by atoms with Crippen molar-refractivity contribution in [3.8, 4) is 0 Å². The molecule has 0 aromatic carbocycles. The van der Waals surface area contributed by atoms with Crippen molar-refractivity contribution >= 4 is 11.9 Å². The molecule has 1 unspecified atom stereocenters. The van der Waals surface area contributed by atoms with Crippen LogP contribution in [0.2, 0.25) is 0 Å². The van der Waals surface area contributed by atoms with Crippen LogP contribution >= 0.6 is 0 Å². The van der Waals surface area contributed by atoms with Crippen molar-refractivity contribution in [1.82, 2.24) is 5.32 Å². The van der Waals surface area contributed by atoms with E-state index in [0.717, 1.165) is 12.8 Å². The summed E-state index contributed by atoms with van der Waals surface area (Å²) < 4.78 is 0. The predicted molar refractivity (Wildman–Crippen MR) is 60.9 cm³/mol. The molecule has 0 spiro atoms. The van der Waals surface area contributed by atoms with Crippen LogP contribution < -0.4 is 5.32 Å². The Balaban J connectivity index is 2.43. The highest BCUT2D eigenvalue weighted by molar-refractivity contribution is 5.81. The van der Waals surface area contributed by atoms with E-state index in [1.54, 1.807) is 6.92 Å². The largest absolute Gasteiger partial charge is 0.481 e. The number of carbonyl (C=O) groups excluding carboxylic acids is 1. The van der Waals surface area contributed by atoms with Gasteiger partial charge < -0.3 is 10.4 Å². The molecule has 1 atom stereocenters. The van der Waals surface area contributed by atoms with Crippen LogP contribution in [0.3, 0.4) is 0 Å². The third-order valence-corrected chi connectivity index (χ3v) is 3.33. The number of nitrogens with one attached hydrogen (secondary N) is 1. The van der Waals surface area contributed by atoms with Gasteiger partial charge in [-0.3, -0.25) is 9.59 Å². The van der Waals surface area contributed by atoms with Crippen LogP contribution in [0.15, 0.2) is 12.2 Å². The highest BCUT2D eigenvalue weighted by atomic mass is 16.4. The number of carbonyl (C=O) groups is 2. The average molecular weight is 225 g/mol. The number of amides is 1. The molecular formula is C12H19NO3. The quantitative estimate of drug-likeness (QED) is 0.698. The monoisotopic (exact) mass is 225 g/mol. The van der Waals surface area contributed by atoms with Gasteiger partial charge in [-0.15, -0.1) is 0 Å². The van der Waals surface area contributed by atoms with Gasteiger partial charge in [-0.25, -0.2) is 0 Å². The Kier molecular flexibility index (Phi) is 4.10. The molecular weight excluding hydrogens is 206 g/mol. The fourth-order valence-corrected chi connectivity index (χ4v) is 1.61. The van der Waals surface area contributed by atoms with Gasteiger partial charge in [0.15, 0.2) is 0 Å². The van der Waals surface area contributed by atoms with Gasteiger partial charge in [0.2, 0.25) is 5.91 Å². The van der Waals surface area contributed by atoms with E-state index in [4.69, 9.17) is 5.11 Å². The molecule has 0 saturated carbocycles. The summed E-state index contributed by atoms with van der Waals surface area (Å²) in [6.45, 7) is 3.67. The van der Waals surface area contributed by atoms with Gasteiger partial charge in [0.1, 0.15) is 0 Å². The van der Waals surface area contributed by atoms with E-state index in [1.165, 1.54) is 0 Å². The van der Waals surface area contributed by atoms with Crippen molar-refractivity contribution in [2.75, 3.05) is 6.54 Å². The van der Waals surface area contributed by atoms with Gasteiger partial charge in [0, 0.05) is 12.5 Å². The Labute approximate surface area is 95.7 Å². The Morgan fingerprint density at radius 1 is 1.44 bits per heavy atom. The minimum absolute atomic E-state index is 0.00472. The van der Waals surface area contributed by atoms with Crippen molar-refractivity contribution in [3.05, 3.63) is 12.2 Å². The Bertz CT molecular complexity index is 303. The maximum absolute atomic E-state index is 11.7. The zero-order chi connectivity index (χ0) is 12.2.